The molecule has 0 saturated heterocycles. The average molecular weight is 176 g/mol. The summed E-state index contributed by atoms with van der Waals surface area (Å²) in [6.07, 6.45) is 0.721. The van der Waals surface area contributed by atoms with E-state index in [0.29, 0.717) is 19.4 Å². The zero-order chi connectivity index (χ0) is 9.40. The second-order valence-corrected chi connectivity index (χ2v) is 2.47. The Bertz CT molecular complexity index is 118. The van der Waals surface area contributed by atoms with Crippen LogP contribution in [0.15, 0.2) is 0 Å². The van der Waals surface area contributed by atoms with Crippen LogP contribution in [0.3, 0.4) is 0 Å². The van der Waals surface area contributed by atoms with E-state index in [2.05, 4.69) is 0 Å². The lowest BCUT2D eigenvalue weighted by atomic mass is 10.0. The van der Waals surface area contributed by atoms with Gasteiger partial charge in [0.25, 0.3) is 0 Å². The third kappa shape index (κ3) is 4.31. The fourth-order valence-electron chi connectivity index (χ4n) is 0.952. The SMILES string of the molecule is CCOC(=O)C(CCO)CCO. The van der Waals surface area contributed by atoms with Gasteiger partial charge in [-0.2, -0.15) is 0 Å². The van der Waals surface area contributed by atoms with E-state index in [0.717, 1.165) is 0 Å². The van der Waals surface area contributed by atoms with Crippen molar-refractivity contribution in [3.63, 3.8) is 0 Å². The predicted octanol–water partition coefficient (Wildman–Crippen LogP) is -0.0695. The molecule has 0 atom stereocenters. The summed E-state index contributed by atoms with van der Waals surface area (Å²) in [5, 5.41) is 17.2. The zero-order valence-electron chi connectivity index (χ0n) is 7.32. The van der Waals surface area contributed by atoms with Crippen molar-refractivity contribution in [2.75, 3.05) is 19.8 Å². The Balaban J connectivity index is 3.81. The lowest BCUT2D eigenvalue weighted by Gasteiger charge is -2.12. The third-order valence-electron chi connectivity index (χ3n) is 1.58. The van der Waals surface area contributed by atoms with Crippen LogP contribution in [0.2, 0.25) is 0 Å². The lowest BCUT2D eigenvalue weighted by Crippen LogP contribution is -2.20. The van der Waals surface area contributed by atoms with Crippen molar-refractivity contribution < 1.29 is 19.7 Å². The molecule has 4 heteroatoms. The molecule has 0 spiro atoms. The molecule has 0 aliphatic rings. The molecule has 0 aliphatic carbocycles. The highest BCUT2D eigenvalue weighted by molar-refractivity contribution is 5.72. The molecule has 0 radical (unpaired) electrons. The Morgan fingerprint density at radius 1 is 1.33 bits per heavy atom. The molecule has 0 amide bonds. The van der Waals surface area contributed by atoms with Crippen molar-refractivity contribution in [2.24, 2.45) is 5.92 Å². The summed E-state index contributed by atoms with van der Waals surface area (Å²) in [6.45, 7) is 1.96. The molecule has 2 N–H and O–H groups in total. The van der Waals surface area contributed by atoms with Crippen molar-refractivity contribution in [3.05, 3.63) is 0 Å². The van der Waals surface area contributed by atoms with Crippen LogP contribution in [0.4, 0.5) is 0 Å². The molecule has 0 aromatic carbocycles. The van der Waals surface area contributed by atoms with Gasteiger partial charge in [0.2, 0.25) is 0 Å². The summed E-state index contributed by atoms with van der Waals surface area (Å²) in [4.78, 5) is 11.1. The molecule has 0 fully saturated rings. The van der Waals surface area contributed by atoms with Crippen LogP contribution in [-0.2, 0) is 9.53 Å². The van der Waals surface area contributed by atoms with Gasteiger partial charge in [-0.05, 0) is 19.8 Å². The van der Waals surface area contributed by atoms with E-state index in [1.165, 1.54) is 0 Å². The van der Waals surface area contributed by atoms with E-state index in [-0.39, 0.29) is 25.1 Å². The van der Waals surface area contributed by atoms with E-state index in [1.54, 1.807) is 6.92 Å². The van der Waals surface area contributed by atoms with Gasteiger partial charge in [-0.3, -0.25) is 4.79 Å². The Kier molecular flexibility index (Phi) is 6.70. The van der Waals surface area contributed by atoms with Crippen molar-refractivity contribution in [3.8, 4) is 0 Å². The predicted molar refractivity (Wildman–Crippen MR) is 43.5 cm³/mol. The maximum Gasteiger partial charge on any atom is 0.309 e. The third-order valence-corrected chi connectivity index (χ3v) is 1.58. The number of aliphatic hydroxyl groups is 2. The summed E-state index contributed by atoms with van der Waals surface area (Å²) in [5.41, 5.74) is 0. The van der Waals surface area contributed by atoms with Gasteiger partial charge in [0.1, 0.15) is 0 Å². The summed E-state index contributed by atoms with van der Waals surface area (Å²) in [5.74, 6) is -0.694. The quantitative estimate of drug-likeness (QED) is 0.556. The Morgan fingerprint density at radius 2 is 1.83 bits per heavy atom. The molecule has 0 bridgehead atoms. The van der Waals surface area contributed by atoms with Crippen LogP contribution in [0.1, 0.15) is 19.8 Å². The van der Waals surface area contributed by atoms with Gasteiger partial charge in [0.15, 0.2) is 0 Å². The number of hydrogen-bond donors (Lipinski definition) is 2. The van der Waals surface area contributed by atoms with Gasteiger partial charge in [0.05, 0.1) is 12.5 Å². The highest BCUT2D eigenvalue weighted by atomic mass is 16.5. The van der Waals surface area contributed by atoms with Gasteiger partial charge >= 0.3 is 5.97 Å². The standard InChI is InChI=1S/C8H16O4/c1-2-12-8(11)7(3-5-9)4-6-10/h7,9-10H,2-6H2,1H3. The molecular weight excluding hydrogens is 160 g/mol. The van der Waals surface area contributed by atoms with Gasteiger partial charge in [-0.25, -0.2) is 0 Å². The first-order valence-electron chi connectivity index (χ1n) is 4.14. The maximum absolute atomic E-state index is 11.1. The van der Waals surface area contributed by atoms with Gasteiger partial charge < -0.3 is 14.9 Å². The number of hydrogen-bond acceptors (Lipinski definition) is 4. The minimum Gasteiger partial charge on any atom is -0.466 e. The Hall–Kier alpha value is -0.610. The number of esters is 1. The first-order valence-corrected chi connectivity index (χ1v) is 4.14. The Labute approximate surface area is 72.2 Å². The van der Waals surface area contributed by atoms with E-state index >= 15 is 0 Å². The summed E-state index contributed by atoms with van der Waals surface area (Å²) in [6, 6.07) is 0. The average Bonchev–Trinajstić information content (AvgIpc) is 2.04. The molecule has 0 aromatic heterocycles. The smallest absolute Gasteiger partial charge is 0.309 e. The first-order chi connectivity index (χ1) is 5.76. The topological polar surface area (TPSA) is 66.8 Å². The van der Waals surface area contributed by atoms with E-state index < -0.39 is 0 Å². The van der Waals surface area contributed by atoms with Crippen molar-refractivity contribution >= 4 is 5.97 Å². The summed E-state index contributed by atoms with van der Waals surface area (Å²) >= 11 is 0. The molecule has 0 rings (SSSR count). The zero-order valence-corrected chi connectivity index (χ0v) is 7.32. The molecule has 4 nitrogen and oxygen atoms in total. The molecular formula is C8H16O4. The first kappa shape index (κ1) is 11.4. The molecule has 0 saturated carbocycles. The van der Waals surface area contributed by atoms with Gasteiger partial charge in [-0.1, -0.05) is 0 Å². The molecule has 0 aromatic rings. The van der Waals surface area contributed by atoms with Crippen molar-refractivity contribution in [1.29, 1.82) is 0 Å². The number of aliphatic hydroxyl groups excluding tert-OH is 2. The normalized spacial score (nSPS) is 10.3. The molecule has 0 unspecified atom stereocenters. The van der Waals surface area contributed by atoms with E-state index in [4.69, 9.17) is 14.9 Å². The largest absolute Gasteiger partial charge is 0.466 e. The molecule has 12 heavy (non-hydrogen) atoms. The highest BCUT2D eigenvalue weighted by Crippen LogP contribution is 2.09. The van der Waals surface area contributed by atoms with Gasteiger partial charge in [-0.15, -0.1) is 0 Å². The number of carbonyl (C=O) groups is 1. The van der Waals surface area contributed by atoms with Crippen LogP contribution in [-0.4, -0.2) is 36.0 Å². The minimum absolute atomic E-state index is 0.0521. The highest BCUT2D eigenvalue weighted by Gasteiger charge is 2.17. The second kappa shape index (κ2) is 7.06. The number of ether oxygens (including phenoxy) is 1. The molecule has 0 heterocycles. The monoisotopic (exact) mass is 176 g/mol. The van der Waals surface area contributed by atoms with E-state index in [1.807, 2.05) is 0 Å². The van der Waals surface area contributed by atoms with E-state index in [9.17, 15) is 4.79 Å². The maximum atomic E-state index is 11.1. The number of carbonyl (C=O) groups excluding carboxylic acids is 1. The summed E-state index contributed by atoms with van der Waals surface area (Å²) < 4.78 is 4.75. The summed E-state index contributed by atoms with van der Waals surface area (Å²) in [7, 11) is 0. The fourth-order valence-corrected chi connectivity index (χ4v) is 0.952. The Morgan fingerprint density at radius 3 is 2.17 bits per heavy atom. The van der Waals surface area contributed by atoms with Crippen LogP contribution in [0.25, 0.3) is 0 Å². The fraction of sp³-hybridized carbons (Fsp3) is 0.875. The van der Waals surface area contributed by atoms with Crippen LogP contribution >= 0.6 is 0 Å². The van der Waals surface area contributed by atoms with Crippen molar-refractivity contribution in [1.82, 2.24) is 0 Å². The van der Waals surface area contributed by atoms with Crippen LogP contribution < -0.4 is 0 Å². The van der Waals surface area contributed by atoms with Crippen LogP contribution in [0, 0.1) is 5.92 Å². The second-order valence-electron chi connectivity index (χ2n) is 2.47. The minimum atomic E-state index is -0.361. The van der Waals surface area contributed by atoms with Crippen LogP contribution in [0.5, 0.6) is 0 Å². The van der Waals surface area contributed by atoms with Gasteiger partial charge in [0, 0.05) is 13.2 Å². The molecule has 72 valence electrons. The lowest BCUT2D eigenvalue weighted by molar-refractivity contribution is -0.149. The molecule has 0 aliphatic heterocycles. The van der Waals surface area contributed by atoms with Crippen molar-refractivity contribution in [2.45, 2.75) is 19.8 Å². The number of rotatable bonds is 6.